The predicted octanol–water partition coefficient (Wildman–Crippen LogP) is 6.94. The Morgan fingerprint density at radius 2 is 1.72 bits per heavy atom. The third kappa shape index (κ3) is 5.97. The maximum absolute atomic E-state index is 9.64. The van der Waals surface area contributed by atoms with E-state index >= 15 is 0 Å². The molecule has 0 spiro atoms. The van der Waals surface area contributed by atoms with Crippen molar-refractivity contribution in [2.24, 2.45) is 0 Å². The van der Waals surface area contributed by atoms with Crippen LogP contribution in [0.1, 0.15) is 23.6 Å². The lowest BCUT2D eigenvalue weighted by Crippen LogP contribution is -2.02. The first-order valence-electron chi connectivity index (χ1n) is 9.11. The zero-order chi connectivity index (χ0) is 20.6. The third-order valence-corrected chi connectivity index (χ3v) is 5.66. The van der Waals surface area contributed by atoms with Gasteiger partial charge in [-0.2, -0.15) is 5.26 Å². The molecule has 3 aromatic rings. The molecule has 0 bridgehead atoms. The summed E-state index contributed by atoms with van der Waals surface area (Å²) in [5.74, 6) is 1.41. The van der Waals surface area contributed by atoms with Crippen molar-refractivity contribution in [2.75, 3.05) is 6.61 Å². The van der Waals surface area contributed by atoms with E-state index in [0.717, 1.165) is 29.6 Å². The summed E-state index contributed by atoms with van der Waals surface area (Å²) < 4.78 is 14.0. The molecular formula is C24H19I2NO2. The minimum absolute atomic E-state index is 0.470. The first-order chi connectivity index (χ1) is 14.1. The number of halogens is 2. The van der Waals surface area contributed by atoms with Crippen LogP contribution in [-0.2, 0) is 6.61 Å². The van der Waals surface area contributed by atoms with E-state index in [1.165, 1.54) is 0 Å². The van der Waals surface area contributed by atoms with Crippen LogP contribution in [0.5, 0.6) is 11.5 Å². The molecule has 0 amide bonds. The van der Waals surface area contributed by atoms with Gasteiger partial charge in [-0.05, 0) is 99.1 Å². The molecule has 5 heteroatoms. The molecule has 146 valence electrons. The van der Waals surface area contributed by atoms with E-state index in [9.17, 15) is 5.26 Å². The molecule has 3 nitrogen and oxygen atoms in total. The lowest BCUT2D eigenvalue weighted by atomic mass is 10.0. The van der Waals surface area contributed by atoms with E-state index in [4.69, 9.17) is 9.47 Å². The molecule has 0 radical (unpaired) electrons. The number of hydrogen-bond donors (Lipinski definition) is 0. The summed E-state index contributed by atoms with van der Waals surface area (Å²) in [6.45, 7) is 2.95. The van der Waals surface area contributed by atoms with Crippen LogP contribution in [0.4, 0.5) is 0 Å². The number of rotatable bonds is 7. The van der Waals surface area contributed by atoms with Crippen molar-refractivity contribution >= 4 is 56.8 Å². The molecule has 0 aliphatic carbocycles. The van der Waals surface area contributed by atoms with Crippen molar-refractivity contribution in [3.05, 3.63) is 90.6 Å². The summed E-state index contributed by atoms with van der Waals surface area (Å²) in [4.78, 5) is 0. The summed E-state index contributed by atoms with van der Waals surface area (Å²) in [7, 11) is 0. The molecule has 0 saturated carbocycles. The zero-order valence-corrected chi connectivity index (χ0v) is 20.2. The van der Waals surface area contributed by atoms with E-state index in [2.05, 4.69) is 51.3 Å². The minimum Gasteiger partial charge on any atom is -0.490 e. The normalized spacial score (nSPS) is 11.0. The summed E-state index contributed by atoms with van der Waals surface area (Å²) in [5, 5.41) is 9.64. The highest BCUT2D eigenvalue weighted by atomic mass is 127. The first-order valence-corrected chi connectivity index (χ1v) is 11.3. The Hall–Kier alpha value is -2.05. The molecule has 0 aliphatic heterocycles. The van der Waals surface area contributed by atoms with Gasteiger partial charge in [-0.1, -0.05) is 42.5 Å². The average Bonchev–Trinajstić information content (AvgIpc) is 2.73. The van der Waals surface area contributed by atoms with E-state index in [-0.39, 0.29) is 0 Å². The largest absolute Gasteiger partial charge is 0.490 e. The molecule has 0 unspecified atom stereocenters. The number of benzene rings is 3. The Morgan fingerprint density at radius 1 is 1.00 bits per heavy atom. The predicted molar refractivity (Wildman–Crippen MR) is 134 cm³/mol. The standard InChI is InChI=1S/C24H19I2NO2/c1-2-28-23-14-18(12-20(15-27)19-8-10-21(25)11-9-19)13-22(26)24(23)29-16-17-6-4-3-5-7-17/h3-14H,2,16H2,1H3/b20-12-. The summed E-state index contributed by atoms with van der Waals surface area (Å²) in [6.07, 6.45) is 1.88. The molecule has 0 heterocycles. The van der Waals surface area contributed by atoms with Crippen LogP contribution in [0.2, 0.25) is 0 Å². The number of nitrogens with zero attached hydrogens (tertiary/aromatic N) is 1. The third-order valence-electron chi connectivity index (χ3n) is 4.14. The van der Waals surface area contributed by atoms with Crippen molar-refractivity contribution in [3.63, 3.8) is 0 Å². The van der Waals surface area contributed by atoms with Gasteiger partial charge in [0.25, 0.3) is 0 Å². The van der Waals surface area contributed by atoms with Gasteiger partial charge < -0.3 is 9.47 Å². The van der Waals surface area contributed by atoms with Crippen LogP contribution in [0, 0.1) is 18.5 Å². The molecule has 0 atom stereocenters. The number of allylic oxidation sites excluding steroid dienone is 1. The number of hydrogen-bond acceptors (Lipinski definition) is 3. The molecule has 0 saturated heterocycles. The molecule has 3 rings (SSSR count). The lowest BCUT2D eigenvalue weighted by molar-refractivity contribution is 0.267. The van der Waals surface area contributed by atoms with E-state index < -0.39 is 0 Å². The molecular weight excluding hydrogens is 588 g/mol. The summed E-state index contributed by atoms with van der Waals surface area (Å²) in [5.41, 5.74) is 3.50. The van der Waals surface area contributed by atoms with Gasteiger partial charge in [0.15, 0.2) is 11.5 Å². The molecule has 29 heavy (non-hydrogen) atoms. The fourth-order valence-electron chi connectivity index (χ4n) is 2.78. The topological polar surface area (TPSA) is 42.2 Å². The maximum Gasteiger partial charge on any atom is 0.175 e. The highest BCUT2D eigenvalue weighted by Gasteiger charge is 2.13. The van der Waals surface area contributed by atoms with Gasteiger partial charge >= 0.3 is 0 Å². The lowest BCUT2D eigenvalue weighted by Gasteiger charge is -2.15. The van der Waals surface area contributed by atoms with Crippen LogP contribution in [0.25, 0.3) is 11.6 Å². The Balaban J connectivity index is 1.92. The average molecular weight is 607 g/mol. The second kappa shape index (κ2) is 10.6. The van der Waals surface area contributed by atoms with Crippen molar-refractivity contribution < 1.29 is 9.47 Å². The maximum atomic E-state index is 9.64. The second-order valence-corrected chi connectivity index (χ2v) is 8.62. The Kier molecular flexibility index (Phi) is 7.95. The molecule has 3 aromatic carbocycles. The quantitative estimate of drug-likeness (QED) is 0.166. The Bertz CT molecular complexity index is 1040. The van der Waals surface area contributed by atoms with Crippen LogP contribution < -0.4 is 9.47 Å². The Labute approximate surface area is 198 Å². The van der Waals surface area contributed by atoms with E-state index in [1.807, 2.05) is 79.7 Å². The van der Waals surface area contributed by atoms with E-state index in [0.29, 0.717) is 24.5 Å². The number of nitriles is 1. The molecule has 0 fully saturated rings. The highest BCUT2D eigenvalue weighted by molar-refractivity contribution is 14.1. The van der Waals surface area contributed by atoms with Crippen molar-refractivity contribution in [1.29, 1.82) is 5.26 Å². The van der Waals surface area contributed by atoms with Gasteiger partial charge in [0.1, 0.15) is 6.61 Å². The summed E-state index contributed by atoms with van der Waals surface area (Å²) >= 11 is 4.51. The van der Waals surface area contributed by atoms with Crippen molar-refractivity contribution in [2.45, 2.75) is 13.5 Å². The van der Waals surface area contributed by atoms with E-state index in [1.54, 1.807) is 0 Å². The fraction of sp³-hybridized carbons (Fsp3) is 0.125. The van der Waals surface area contributed by atoms with Crippen molar-refractivity contribution in [1.82, 2.24) is 0 Å². The summed E-state index contributed by atoms with van der Waals surface area (Å²) in [6, 6.07) is 24.2. The van der Waals surface area contributed by atoms with Crippen LogP contribution in [-0.4, -0.2) is 6.61 Å². The Morgan fingerprint density at radius 3 is 2.38 bits per heavy atom. The monoisotopic (exact) mass is 607 g/mol. The van der Waals surface area contributed by atoms with Gasteiger partial charge in [0, 0.05) is 3.57 Å². The minimum atomic E-state index is 0.470. The van der Waals surface area contributed by atoms with Crippen molar-refractivity contribution in [3.8, 4) is 17.6 Å². The van der Waals surface area contributed by atoms with Gasteiger partial charge in [-0.3, -0.25) is 0 Å². The second-order valence-electron chi connectivity index (χ2n) is 6.21. The zero-order valence-electron chi connectivity index (χ0n) is 15.9. The first kappa shape index (κ1) is 21.7. The fourth-order valence-corrected chi connectivity index (χ4v) is 3.92. The number of ether oxygens (including phenoxy) is 2. The smallest absolute Gasteiger partial charge is 0.175 e. The molecule has 0 N–H and O–H groups in total. The SMILES string of the molecule is CCOc1cc(/C=C(/C#N)c2ccc(I)cc2)cc(I)c1OCc1ccccc1. The molecule has 0 aliphatic rings. The van der Waals surface area contributed by atoms with Crippen LogP contribution >= 0.6 is 45.2 Å². The van der Waals surface area contributed by atoms with Gasteiger partial charge in [-0.15, -0.1) is 0 Å². The molecule has 0 aromatic heterocycles. The van der Waals surface area contributed by atoms with Crippen LogP contribution in [0.15, 0.2) is 66.7 Å². The van der Waals surface area contributed by atoms with Gasteiger partial charge in [0.2, 0.25) is 0 Å². The van der Waals surface area contributed by atoms with Crippen LogP contribution in [0.3, 0.4) is 0 Å². The highest BCUT2D eigenvalue weighted by Crippen LogP contribution is 2.36. The van der Waals surface area contributed by atoms with Gasteiger partial charge in [0.05, 0.1) is 21.8 Å². The van der Waals surface area contributed by atoms with Gasteiger partial charge in [-0.25, -0.2) is 0 Å².